The molecule has 0 aromatic heterocycles. The molecule has 3 aromatic rings. The molecule has 1 aliphatic rings. The third-order valence-corrected chi connectivity index (χ3v) is 5.36. The topological polar surface area (TPSA) is 101 Å². The number of carbonyl (C=O) groups excluding carboxylic acids is 2. The molecule has 0 spiro atoms. The number of amides is 1. The summed E-state index contributed by atoms with van der Waals surface area (Å²) >= 11 is 0. The number of ketones is 1. The number of rotatable bonds is 4. The van der Waals surface area contributed by atoms with Gasteiger partial charge in [0, 0.05) is 23.4 Å². The number of halogens is 3. The predicted molar refractivity (Wildman–Crippen MR) is 116 cm³/mol. The van der Waals surface area contributed by atoms with Crippen molar-refractivity contribution in [3.8, 4) is 0 Å². The van der Waals surface area contributed by atoms with Crippen molar-refractivity contribution in [3.63, 3.8) is 0 Å². The van der Waals surface area contributed by atoms with Gasteiger partial charge in [0.1, 0.15) is 5.76 Å². The van der Waals surface area contributed by atoms with Gasteiger partial charge >= 0.3 is 6.18 Å². The zero-order valence-corrected chi connectivity index (χ0v) is 17.2. The van der Waals surface area contributed by atoms with Crippen molar-refractivity contribution in [3.05, 3.63) is 111 Å². The Morgan fingerprint density at radius 1 is 0.941 bits per heavy atom. The molecule has 172 valence electrons. The normalized spacial score (nSPS) is 17.7. The molecule has 0 unspecified atom stereocenters. The molecular formula is C24H15F3N2O5. The van der Waals surface area contributed by atoms with E-state index in [2.05, 4.69) is 0 Å². The van der Waals surface area contributed by atoms with Crippen LogP contribution in [-0.2, 0) is 15.8 Å². The van der Waals surface area contributed by atoms with Crippen LogP contribution >= 0.6 is 0 Å². The minimum Gasteiger partial charge on any atom is -0.507 e. The second kappa shape index (κ2) is 8.47. The second-order valence-corrected chi connectivity index (χ2v) is 7.43. The van der Waals surface area contributed by atoms with Gasteiger partial charge in [-0.2, -0.15) is 13.2 Å². The molecule has 1 heterocycles. The summed E-state index contributed by atoms with van der Waals surface area (Å²) in [5.74, 6) is -2.81. The van der Waals surface area contributed by atoms with Crippen LogP contribution in [-0.4, -0.2) is 21.7 Å². The second-order valence-electron chi connectivity index (χ2n) is 7.43. The van der Waals surface area contributed by atoms with Gasteiger partial charge < -0.3 is 5.11 Å². The maximum Gasteiger partial charge on any atom is 0.416 e. The lowest BCUT2D eigenvalue weighted by Gasteiger charge is -2.26. The van der Waals surface area contributed by atoms with Crippen molar-refractivity contribution in [2.75, 3.05) is 4.90 Å². The number of nitrogens with zero attached hydrogens (tertiary/aromatic N) is 2. The number of hydrogen-bond acceptors (Lipinski definition) is 5. The van der Waals surface area contributed by atoms with E-state index < -0.39 is 40.2 Å². The predicted octanol–water partition coefficient (Wildman–Crippen LogP) is 5.24. The largest absolute Gasteiger partial charge is 0.507 e. The molecular weight excluding hydrogens is 453 g/mol. The number of aliphatic hydroxyl groups excluding tert-OH is 1. The van der Waals surface area contributed by atoms with E-state index in [1.807, 2.05) is 0 Å². The summed E-state index contributed by atoms with van der Waals surface area (Å²) in [6.07, 6.45) is -4.68. The van der Waals surface area contributed by atoms with Crippen LogP contribution in [0, 0.1) is 10.1 Å². The average molecular weight is 468 g/mol. The van der Waals surface area contributed by atoms with Gasteiger partial charge in [-0.3, -0.25) is 24.6 Å². The summed E-state index contributed by atoms with van der Waals surface area (Å²) in [5.41, 5.74) is -1.36. The molecule has 1 amide bonds. The number of nitro groups is 1. The number of anilines is 1. The Kier molecular flexibility index (Phi) is 5.66. The highest BCUT2D eigenvalue weighted by molar-refractivity contribution is 6.51. The summed E-state index contributed by atoms with van der Waals surface area (Å²) in [7, 11) is 0. The van der Waals surface area contributed by atoms with Crippen LogP contribution in [0.4, 0.5) is 24.5 Å². The van der Waals surface area contributed by atoms with E-state index in [1.54, 1.807) is 30.3 Å². The number of nitro benzene ring substituents is 1. The van der Waals surface area contributed by atoms with Gasteiger partial charge in [0.15, 0.2) is 0 Å². The maximum absolute atomic E-state index is 13.3. The molecule has 7 nitrogen and oxygen atoms in total. The summed E-state index contributed by atoms with van der Waals surface area (Å²) in [4.78, 5) is 37.2. The molecule has 10 heteroatoms. The number of alkyl halides is 3. The van der Waals surface area contributed by atoms with Crippen LogP contribution in [0.25, 0.3) is 5.76 Å². The number of benzene rings is 3. The first-order chi connectivity index (χ1) is 16.1. The third-order valence-electron chi connectivity index (χ3n) is 5.36. The third kappa shape index (κ3) is 4.01. The number of non-ortho nitro benzene ring substituents is 1. The summed E-state index contributed by atoms with van der Waals surface area (Å²) < 4.78 is 39.9. The molecule has 0 bridgehead atoms. The Hall–Kier alpha value is -4.47. The lowest BCUT2D eigenvalue weighted by atomic mass is 9.95. The number of hydrogen-bond donors (Lipinski definition) is 1. The fraction of sp³-hybridized carbons (Fsp3) is 0.0833. The zero-order chi connectivity index (χ0) is 24.6. The molecule has 0 aliphatic carbocycles. The molecule has 1 N–H and O–H groups in total. The van der Waals surface area contributed by atoms with Crippen molar-refractivity contribution in [2.24, 2.45) is 0 Å². The van der Waals surface area contributed by atoms with Gasteiger partial charge in [0.2, 0.25) is 0 Å². The van der Waals surface area contributed by atoms with Crippen LogP contribution in [0.15, 0.2) is 84.4 Å². The first-order valence-electron chi connectivity index (χ1n) is 9.87. The average Bonchev–Trinajstić information content (AvgIpc) is 3.09. The fourth-order valence-corrected chi connectivity index (χ4v) is 3.78. The molecule has 3 aromatic carbocycles. The van der Waals surface area contributed by atoms with E-state index in [-0.39, 0.29) is 22.5 Å². The SMILES string of the molecule is O=C1C(=O)N(c2cccc(C(F)(F)F)c2)[C@@H](c2ccccc2)/C1=C(\O)c1ccc([N+](=O)[O-])cc1. The van der Waals surface area contributed by atoms with Gasteiger partial charge in [-0.05, 0) is 35.9 Å². The van der Waals surface area contributed by atoms with Crippen molar-refractivity contribution in [1.29, 1.82) is 0 Å². The monoisotopic (exact) mass is 468 g/mol. The van der Waals surface area contributed by atoms with E-state index >= 15 is 0 Å². The van der Waals surface area contributed by atoms with Gasteiger partial charge in [-0.25, -0.2) is 0 Å². The highest BCUT2D eigenvalue weighted by atomic mass is 19.4. The van der Waals surface area contributed by atoms with Crippen molar-refractivity contribution >= 4 is 28.8 Å². The highest BCUT2D eigenvalue weighted by Crippen LogP contribution is 2.43. The Balaban J connectivity index is 1.91. The Bertz CT molecular complexity index is 1320. The minimum absolute atomic E-state index is 0.0357. The van der Waals surface area contributed by atoms with Gasteiger partial charge in [0.25, 0.3) is 17.4 Å². The lowest BCUT2D eigenvalue weighted by Crippen LogP contribution is -2.29. The van der Waals surface area contributed by atoms with Crippen molar-refractivity contribution < 1.29 is 32.8 Å². The van der Waals surface area contributed by atoms with E-state index in [1.165, 1.54) is 18.2 Å². The van der Waals surface area contributed by atoms with Gasteiger partial charge in [-0.1, -0.05) is 36.4 Å². The van der Waals surface area contributed by atoms with E-state index in [9.17, 15) is 38.0 Å². The first kappa shape index (κ1) is 22.7. The van der Waals surface area contributed by atoms with Crippen molar-refractivity contribution in [2.45, 2.75) is 12.2 Å². The molecule has 1 saturated heterocycles. The maximum atomic E-state index is 13.3. The van der Waals surface area contributed by atoms with E-state index in [0.717, 1.165) is 35.2 Å². The van der Waals surface area contributed by atoms with Crippen molar-refractivity contribution in [1.82, 2.24) is 0 Å². The molecule has 0 saturated carbocycles. The number of aliphatic hydroxyl groups is 1. The number of carbonyl (C=O) groups is 2. The number of Topliss-reactive ketones (excluding diaryl/α,β-unsaturated/α-hetero) is 1. The van der Waals surface area contributed by atoms with Gasteiger partial charge in [-0.15, -0.1) is 0 Å². The molecule has 34 heavy (non-hydrogen) atoms. The summed E-state index contributed by atoms with van der Waals surface area (Å²) in [6, 6.07) is 15.5. The van der Waals surface area contributed by atoms with E-state index in [0.29, 0.717) is 5.56 Å². The minimum atomic E-state index is -4.68. The molecule has 1 fully saturated rings. The Morgan fingerprint density at radius 2 is 1.59 bits per heavy atom. The summed E-state index contributed by atoms with van der Waals surface area (Å²) in [6.45, 7) is 0. The first-order valence-corrected chi connectivity index (χ1v) is 9.87. The smallest absolute Gasteiger partial charge is 0.416 e. The van der Waals surface area contributed by atoms with E-state index in [4.69, 9.17) is 0 Å². The van der Waals surface area contributed by atoms with Crippen LogP contribution in [0.3, 0.4) is 0 Å². The van der Waals surface area contributed by atoms with Gasteiger partial charge in [0.05, 0.1) is 22.1 Å². The summed E-state index contributed by atoms with van der Waals surface area (Å²) in [5, 5.41) is 21.9. The highest BCUT2D eigenvalue weighted by Gasteiger charge is 2.47. The van der Waals surface area contributed by atoms with Crippen LogP contribution in [0.2, 0.25) is 0 Å². The standard InChI is InChI=1S/C24H15F3N2O5/c25-24(26,27)16-7-4-8-18(13-16)28-20(14-5-2-1-3-6-14)19(22(31)23(28)32)21(30)15-9-11-17(12-10-15)29(33)34/h1-13,20,30H/b21-19+/t20-/m0/s1. The van der Waals surface area contributed by atoms with Crippen LogP contribution in [0.1, 0.15) is 22.7 Å². The fourth-order valence-electron chi connectivity index (χ4n) is 3.78. The quantitative estimate of drug-likeness (QED) is 0.186. The zero-order valence-electron chi connectivity index (χ0n) is 17.2. The molecule has 1 atom stereocenters. The molecule has 4 rings (SSSR count). The molecule has 1 aliphatic heterocycles. The molecule has 0 radical (unpaired) electrons. The Labute approximate surface area is 190 Å². The van der Waals surface area contributed by atoms with Crippen LogP contribution in [0.5, 0.6) is 0 Å². The lowest BCUT2D eigenvalue weighted by molar-refractivity contribution is -0.384. The van der Waals surface area contributed by atoms with Crippen LogP contribution < -0.4 is 4.90 Å². The Morgan fingerprint density at radius 3 is 2.18 bits per heavy atom.